The van der Waals surface area contributed by atoms with Crippen LogP contribution in [0.2, 0.25) is 0 Å². The molecule has 4 heteroatoms. The minimum atomic E-state index is -0.701. The van der Waals surface area contributed by atoms with E-state index in [1.165, 1.54) is 0 Å². The van der Waals surface area contributed by atoms with E-state index in [0.717, 1.165) is 55.7 Å². The quantitative estimate of drug-likeness (QED) is 0.266. The van der Waals surface area contributed by atoms with Crippen molar-refractivity contribution in [1.29, 1.82) is 0 Å². The molecule has 0 atom stereocenters. The monoisotopic (exact) mass is 460 g/mol. The maximum absolute atomic E-state index is 8.44. The summed E-state index contributed by atoms with van der Waals surface area (Å²) < 4.78 is 17.1. The van der Waals surface area contributed by atoms with Crippen LogP contribution >= 0.6 is 0 Å². The Morgan fingerprint density at radius 2 is 1.71 bits per heavy atom. The molecule has 0 unspecified atom stereocenters. The first kappa shape index (κ1) is 20.5. The molecule has 3 heterocycles. The molecule has 3 aromatic heterocycles. The highest BCUT2D eigenvalue weighted by molar-refractivity contribution is 6.09. The molecule has 0 aliphatic rings. The highest BCUT2D eigenvalue weighted by atomic mass is 16.3. The van der Waals surface area contributed by atoms with Crippen molar-refractivity contribution in [2.75, 3.05) is 0 Å². The summed E-state index contributed by atoms with van der Waals surface area (Å²) in [6.07, 6.45) is 1.93. The first-order valence-corrected chi connectivity index (χ1v) is 12.0. The number of hydrogen-bond donors (Lipinski definition) is 0. The van der Waals surface area contributed by atoms with Crippen molar-refractivity contribution in [1.82, 2.24) is 14.5 Å². The first-order chi connectivity index (χ1) is 17.1. The van der Waals surface area contributed by atoms with Crippen LogP contribution in [0.25, 0.3) is 50.2 Å². The molecule has 0 amide bonds. The Morgan fingerprint density at radius 1 is 0.914 bits per heavy atom. The second kappa shape index (κ2) is 7.81. The fourth-order valence-corrected chi connectivity index (χ4v) is 4.68. The van der Waals surface area contributed by atoms with E-state index in [-0.39, 0.29) is 5.41 Å². The van der Waals surface area contributed by atoms with Crippen molar-refractivity contribution in [2.45, 2.75) is 45.9 Å². The summed E-state index contributed by atoms with van der Waals surface area (Å²) in [5.74, 6) is 0.0914. The SMILES string of the molecule is [2H]C(C)(C)c1ccc2c(c1)oc1c(-c3nc4ncc(C(C)(C)C)cc4n3-c3ccccc3)cccc12. The molecule has 0 aliphatic carbocycles. The van der Waals surface area contributed by atoms with Crippen LogP contribution in [0.5, 0.6) is 0 Å². The number of aromatic nitrogens is 3. The van der Waals surface area contributed by atoms with Crippen LogP contribution in [0.15, 0.2) is 83.4 Å². The average Bonchev–Trinajstić information content (AvgIpc) is 3.41. The third-order valence-electron chi connectivity index (χ3n) is 6.71. The minimum Gasteiger partial charge on any atom is -0.455 e. The molecule has 0 radical (unpaired) electrons. The number of fused-ring (bicyclic) bond motifs is 4. The Balaban J connectivity index is 1.67. The molecular weight excluding hydrogens is 430 g/mol. The van der Waals surface area contributed by atoms with Gasteiger partial charge in [-0.1, -0.05) is 77.1 Å². The van der Waals surface area contributed by atoms with E-state index >= 15 is 0 Å². The zero-order chi connectivity index (χ0) is 25.2. The van der Waals surface area contributed by atoms with Gasteiger partial charge < -0.3 is 4.42 Å². The predicted molar refractivity (Wildman–Crippen MR) is 144 cm³/mol. The van der Waals surface area contributed by atoms with Gasteiger partial charge in [0.05, 0.1) is 11.1 Å². The molecule has 3 aromatic carbocycles. The lowest BCUT2D eigenvalue weighted by Gasteiger charge is -2.18. The van der Waals surface area contributed by atoms with Crippen LogP contribution in [-0.2, 0) is 5.41 Å². The molecule has 0 saturated heterocycles. The van der Waals surface area contributed by atoms with Crippen molar-refractivity contribution < 1.29 is 5.79 Å². The maximum Gasteiger partial charge on any atom is 0.178 e. The Morgan fingerprint density at radius 3 is 2.46 bits per heavy atom. The van der Waals surface area contributed by atoms with Gasteiger partial charge in [-0.3, -0.25) is 4.57 Å². The Bertz CT molecular complexity index is 1750. The lowest BCUT2D eigenvalue weighted by molar-refractivity contribution is 0.588. The summed E-state index contributed by atoms with van der Waals surface area (Å²) in [7, 11) is 0. The van der Waals surface area contributed by atoms with Crippen LogP contribution in [0.4, 0.5) is 0 Å². The smallest absolute Gasteiger partial charge is 0.178 e. The number of nitrogens with zero attached hydrogens (tertiary/aromatic N) is 3. The van der Waals surface area contributed by atoms with E-state index in [9.17, 15) is 0 Å². The fourth-order valence-electron chi connectivity index (χ4n) is 4.68. The third kappa shape index (κ3) is 3.52. The van der Waals surface area contributed by atoms with Crippen molar-refractivity contribution in [3.05, 3.63) is 90.1 Å². The predicted octanol–water partition coefficient (Wildman–Crippen LogP) is 8.41. The maximum atomic E-state index is 8.44. The standard InChI is InChI=1S/C31H29N3O/c1-19(2)20-14-15-23-24-12-9-13-25(28(24)35-27(23)16-20)30-33-29-26(17-21(18-32-29)31(3,4)5)34(30)22-10-7-6-8-11-22/h6-19H,1-5H3/i19D. The highest BCUT2D eigenvalue weighted by Gasteiger charge is 2.22. The molecule has 6 rings (SSSR count). The normalized spacial score (nSPS) is 13.1. The fraction of sp³-hybridized carbons (Fsp3) is 0.226. The molecule has 35 heavy (non-hydrogen) atoms. The van der Waals surface area contributed by atoms with E-state index in [0.29, 0.717) is 5.65 Å². The lowest BCUT2D eigenvalue weighted by Crippen LogP contribution is -2.11. The molecule has 174 valence electrons. The van der Waals surface area contributed by atoms with Gasteiger partial charge in [0.25, 0.3) is 0 Å². The summed E-state index contributed by atoms with van der Waals surface area (Å²) in [6.45, 7) is 10.4. The van der Waals surface area contributed by atoms with Gasteiger partial charge in [0.15, 0.2) is 11.5 Å². The Hall–Kier alpha value is -3.92. The van der Waals surface area contributed by atoms with Gasteiger partial charge in [0.2, 0.25) is 0 Å². The van der Waals surface area contributed by atoms with E-state index in [1.807, 2.05) is 50.4 Å². The number of imidazole rings is 1. The Kier molecular flexibility index (Phi) is 4.56. The molecule has 0 saturated carbocycles. The van der Waals surface area contributed by atoms with Crippen molar-refractivity contribution in [3.63, 3.8) is 0 Å². The number of para-hydroxylation sites is 2. The van der Waals surface area contributed by atoms with Gasteiger partial charge in [-0.2, -0.15) is 0 Å². The molecule has 4 nitrogen and oxygen atoms in total. The van der Waals surface area contributed by atoms with Gasteiger partial charge in [0, 0.05) is 24.0 Å². The van der Waals surface area contributed by atoms with Crippen LogP contribution in [0.3, 0.4) is 0 Å². The van der Waals surface area contributed by atoms with Crippen molar-refractivity contribution in [3.8, 4) is 17.1 Å². The zero-order valence-electron chi connectivity index (χ0n) is 21.8. The summed E-state index contributed by atoms with van der Waals surface area (Å²) in [5.41, 5.74) is 7.22. The lowest BCUT2D eigenvalue weighted by atomic mass is 9.88. The van der Waals surface area contributed by atoms with Gasteiger partial charge in [-0.05, 0) is 52.8 Å². The average molecular weight is 461 g/mol. The van der Waals surface area contributed by atoms with E-state index in [1.54, 1.807) is 0 Å². The summed E-state index contributed by atoms with van der Waals surface area (Å²) in [4.78, 5) is 9.78. The number of furan rings is 1. The third-order valence-corrected chi connectivity index (χ3v) is 6.71. The van der Waals surface area contributed by atoms with Crippen LogP contribution in [0.1, 0.15) is 53.0 Å². The summed E-state index contributed by atoms with van der Waals surface area (Å²) >= 11 is 0. The first-order valence-electron chi connectivity index (χ1n) is 12.5. The van der Waals surface area contributed by atoms with Gasteiger partial charge in [-0.25, -0.2) is 9.97 Å². The van der Waals surface area contributed by atoms with Crippen molar-refractivity contribution >= 4 is 33.1 Å². The van der Waals surface area contributed by atoms with Gasteiger partial charge >= 0.3 is 0 Å². The molecule has 0 spiro atoms. The second-order valence-electron chi connectivity index (χ2n) is 10.4. The molecular formula is C31H29N3O. The zero-order valence-corrected chi connectivity index (χ0v) is 20.8. The topological polar surface area (TPSA) is 43.9 Å². The number of pyridine rings is 1. The molecule has 0 N–H and O–H groups in total. The highest BCUT2D eigenvalue weighted by Crippen LogP contribution is 2.38. The van der Waals surface area contributed by atoms with Crippen LogP contribution < -0.4 is 0 Å². The number of benzene rings is 3. The van der Waals surface area contributed by atoms with Crippen LogP contribution in [-0.4, -0.2) is 14.5 Å². The van der Waals surface area contributed by atoms with Gasteiger partial charge in [0.1, 0.15) is 11.2 Å². The Labute approximate surface area is 206 Å². The summed E-state index contributed by atoms with van der Waals surface area (Å²) in [6, 6.07) is 24.8. The number of hydrogen-bond acceptors (Lipinski definition) is 3. The minimum absolute atomic E-state index is 0.0325. The molecule has 0 aliphatic heterocycles. The summed E-state index contributed by atoms with van der Waals surface area (Å²) in [5, 5.41) is 2.07. The van der Waals surface area contributed by atoms with E-state index in [4.69, 9.17) is 15.8 Å². The number of rotatable bonds is 3. The van der Waals surface area contributed by atoms with Crippen LogP contribution in [0, 0.1) is 0 Å². The van der Waals surface area contributed by atoms with Gasteiger partial charge in [-0.15, -0.1) is 0 Å². The van der Waals surface area contributed by atoms with E-state index in [2.05, 4.69) is 67.8 Å². The molecule has 0 fully saturated rings. The van der Waals surface area contributed by atoms with E-state index < -0.39 is 5.89 Å². The largest absolute Gasteiger partial charge is 0.455 e. The van der Waals surface area contributed by atoms with Crippen molar-refractivity contribution in [2.24, 2.45) is 0 Å². The molecule has 0 bridgehead atoms. The molecule has 6 aromatic rings. The second-order valence-corrected chi connectivity index (χ2v) is 10.4.